The Hall–Kier alpha value is -2.24. The minimum atomic E-state index is -0.276. The maximum atomic E-state index is 13.7. The van der Waals surface area contributed by atoms with Crippen molar-refractivity contribution >= 4 is 11.0 Å². The maximum Gasteiger partial charge on any atom is 0.123 e. The Morgan fingerprint density at radius 1 is 1.19 bits per heavy atom. The third-order valence-corrected chi connectivity index (χ3v) is 5.33. The summed E-state index contributed by atoms with van der Waals surface area (Å²) in [6.07, 6.45) is 4.16. The van der Waals surface area contributed by atoms with Crippen molar-refractivity contribution in [3.05, 3.63) is 65.2 Å². The number of aliphatic hydroxyl groups excluding tert-OH is 1. The molecule has 1 N–H and O–H groups in total. The number of aryl methyl sites for hydroxylation is 1. The molecule has 0 amide bonds. The van der Waals surface area contributed by atoms with Gasteiger partial charge < -0.3 is 9.67 Å². The van der Waals surface area contributed by atoms with E-state index in [0.717, 1.165) is 42.7 Å². The lowest BCUT2D eigenvalue weighted by Crippen LogP contribution is -2.33. The summed E-state index contributed by atoms with van der Waals surface area (Å²) < 4.78 is 15.8. The van der Waals surface area contributed by atoms with Crippen LogP contribution in [0.25, 0.3) is 11.0 Å². The van der Waals surface area contributed by atoms with Crippen LogP contribution in [-0.2, 0) is 20.2 Å². The van der Waals surface area contributed by atoms with Crippen LogP contribution in [0.4, 0.5) is 4.39 Å². The monoisotopic (exact) mass is 353 g/mol. The van der Waals surface area contributed by atoms with Crippen LogP contribution in [0.1, 0.15) is 35.4 Å². The second-order valence-corrected chi connectivity index (χ2v) is 7.30. The fourth-order valence-corrected chi connectivity index (χ4v) is 4.03. The fourth-order valence-electron chi connectivity index (χ4n) is 4.03. The second-order valence-electron chi connectivity index (χ2n) is 7.30. The largest absolute Gasteiger partial charge is 0.392 e. The number of benzene rings is 2. The molecule has 26 heavy (non-hydrogen) atoms. The van der Waals surface area contributed by atoms with E-state index in [9.17, 15) is 9.50 Å². The van der Waals surface area contributed by atoms with Crippen LogP contribution in [-0.4, -0.2) is 32.6 Å². The summed E-state index contributed by atoms with van der Waals surface area (Å²) in [4.78, 5) is 6.78. The number of piperidine rings is 1. The highest BCUT2D eigenvalue weighted by Crippen LogP contribution is 2.29. The molecule has 0 bridgehead atoms. The first-order valence-corrected chi connectivity index (χ1v) is 9.15. The molecule has 136 valence electrons. The Bertz CT molecular complexity index is 921. The summed E-state index contributed by atoms with van der Waals surface area (Å²) in [5.74, 6) is 0.204. The van der Waals surface area contributed by atoms with Gasteiger partial charge in [0.15, 0.2) is 0 Å². The molecule has 0 spiro atoms. The molecule has 1 saturated heterocycles. The minimum Gasteiger partial charge on any atom is -0.392 e. The second kappa shape index (κ2) is 7.17. The van der Waals surface area contributed by atoms with Crippen molar-refractivity contribution in [1.29, 1.82) is 0 Å². The molecule has 3 aromatic rings. The molecule has 0 radical (unpaired) electrons. The van der Waals surface area contributed by atoms with Crippen LogP contribution in [0.2, 0.25) is 0 Å². The van der Waals surface area contributed by atoms with Gasteiger partial charge >= 0.3 is 0 Å². The number of imidazole rings is 1. The van der Waals surface area contributed by atoms with Crippen molar-refractivity contribution in [2.45, 2.75) is 31.9 Å². The topological polar surface area (TPSA) is 41.3 Å². The van der Waals surface area contributed by atoms with E-state index in [4.69, 9.17) is 0 Å². The summed E-state index contributed by atoms with van der Waals surface area (Å²) >= 11 is 0. The third-order valence-electron chi connectivity index (χ3n) is 5.33. The molecule has 1 aromatic heterocycles. The number of aromatic nitrogens is 2. The first kappa shape index (κ1) is 17.2. The molecule has 2 aromatic carbocycles. The van der Waals surface area contributed by atoms with E-state index >= 15 is 0 Å². The molecular weight excluding hydrogens is 329 g/mol. The summed E-state index contributed by atoms with van der Waals surface area (Å²) in [5, 5.41) is 9.29. The molecule has 1 fully saturated rings. The van der Waals surface area contributed by atoms with Crippen molar-refractivity contribution < 1.29 is 9.50 Å². The number of halogens is 1. The summed E-state index contributed by atoms with van der Waals surface area (Å²) in [6, 6.07) is 11.4. The number of rotatable bonds is 4. The molecule has 1 unspecified atom stereocenters. The summed E-state index contributed by atoms with van der Waals surface area (Å²) in [6.45, 7) is 2.58. The third kappa shape index (κ3) is 3.50. The standard InChI is InChI=1S/C21H24FN3O/c1-24-14-23-20-5-4-17(10-21(20)24)18-3-2-6-25(12-18)11-15-7-16(13-26)9-19(22)8-15/h4-5,7-10,14,18,26H,2-3,6,11-13H2,1H3. The average molecular weight is 353 g/mol. The molecule has 0 saturated carbocycles. The van der Waals surface area contributed by atoms with Crippen LogP contribution in [0, 0.1) is 5.82 Å². The SMILES string of the molecule is Cn1cnc2ccc(C3CCCN(Cc4cc(F)cc(CO)c4)C3)cc21. The number of nitrogens with zero attached hydrogens (tertiary/aromatic N) is 3. The quantitative estimate of drug-likeness (QED) is 0.779. The lowest BCUT2D eigenvalue weighted by atomic mass is 9.90. The highest BCUT2D eigenvalue weighted by atomic mass is 19.1. The lowest BCUT2D eigenvalue weighted by Gasteiger charge is -2.33. The van der Waals surface area contributed by atoms with Gasteiger partial charge in [-0.2, -0.15) is 0 Å². The predicted molar refractivity (Wildman–Crippen MR) is 100 cm³/mol. The number of fused-ring (bicyclic) bond motifs is 1. The van der Waals surface area contributed by atoms with Gasteiger partial charge in [0.05, 0.1) is 24.0 Å². The number of hydrogen-bond donors (Lipinski definition) is 1. The average Bonchev–Trinajstić information content (AvgIpc) is 3.02. The lowest BCUT2D eigenvalue weighted by molar-refractivity contribution is 0.200. The summed E-state index contributed by atoms with van der Waals surface area (Å²) in [5.41, 5.74) is 5.10. The van der Waals surface area contributed by atoms with Gasteiger partial charge in [0.2, 0.25) is 0 Å². The molecule has 4 nitrogen and oxygen atoms in total. The highest BCUT2D eigenvalue weighted by Gasteiger charge is 2.22. The Morgan fingerprint density at radius 2 is 2.04 bits per heavy atom. The van der Waals surface area contributed by atoms with Crippen molar-refractivity contribution in [3.63, 3.8) is 0 Å². The Labute approximate surface area is 152 Å². The predicted octanol–water partition coefficient (Wildman–Crippen LogP) is 3.58. The van der Waals surface area contributed by atoms with Gasteiger partial charge in [-0.25, -0.2) is 9.37 Å². The van der Waals surface area contributed by atoms with Crippen LogP contribution in [0.3, 0.4) is 0 Å². The van der Waals surface area contributed by atoms with Crippen molar-refractivity contribution in [1.82, 2.24) is 14.5 Å². The van der Waals surface area contributed by atoms with Gasteiger partial charge in [-0.15, -0.1) is 0 Å². The van der Waals surface area contributed by atoms with E-state index in [2.05, 4.69) is 32.7 Å². The van der Waals surface area contributed by atoms with Gasteiger partial charge in [-0.1, -0.05) is 12.1 Å². The van der Waals surface area contributed by atoms with Crippen molar-refractivity contribution in [2.75, 3.05) is 13.1 Å². The van der Waals surface area contributed by atoms with Crippen molar-refractivity contribution in [2.24, 2.45) is 7.05 Å². The molecule has 2 heterocycles. The minimum absolute atomic E-state index is 0.127. The van der Waals surface area contributed by atoms with Crippen LogP contribution < -0.4 is 0 Å². The Morgan fingerprint density at radius 3 is 2.88 bits per heavy atom. The molecule has 4 rings (SSSR count). The highest BCUT2D eigenvalue weighted by molar-refractivity contribution is 5.76. The van der Waals surface area contributed by atoms with Gasteiger partial charge in [0.1, 0.15) is 5.82 Å². The molecular formula is C21H24FN3O. The molecule has 1 aliphatic heterocycles. The number of likely N-dealkylation sites (tertiary alicyclic amines) is 1. The first-order chi connectivity index (χ1) is 12.6. The zero-order valence-electron chi connectivity index (χ0n) is 15.0. The van der Waals surface area contributed by atoms with Crippen LogP contribution in [0.15, 0.2) is 42.7 Å². The zero-order chi connectivity index (χ0) is 18.1. The summed E-state index contributed by atoms with van der Waals surface area (Å²) in [7, 11) is 2.02. The Balaban J connectivity index is 1.51. The van der Waals surface area contributed by atoms with Gasteiger partial charge in [0, 0.05) is 20.1 Å². The maximum absolute atomic E-state index is 13.7. The molecule has 0 aliphatic carbocycles. The van der Waals surface area contributed by atoms with E-state index in [1.54, 1.807) is 6.07 Å². The van der Waals surface area contributed by atoms with Crippen LogP contribution >= 0.6 is 0 Å². The smallest absolute Gasteiger partial charge is 0.123 e. The van der Waals surface area contributed by atoms with Gasteiger partial charge in [-0.05, 0) is 66.3 Å². The van der Waals surface area contributed by atoms with E-state index in [-0.39, 0.29) is 12.4 Å². The van der Waals surface area contributed by atoms with Crippen molar-refractivity contribution in [3.8, 4) is 0 Å². The zero-order valence-corrected chi connectivity index (χ0v) is 15.0. The van der Waals surface area contributed by atoms with Gasteiger partial charge in [-0.3, -0.25) is 4.90 Å². The number of aliphatic hydroxyl groups is 1. The van der Waals surface area contributed by atoms with E-state index in [1.165, 1.54) is 18.1 Å². The van der Waals surface area contributed by atoms with E-state index in [0.29, 0.717) is 11.5 Å². The fraction of sp³-hybridized carbons (Fsp3) is 0.381. The first-order valence-electron chi connectivity index (χ1n) is 9.15. The van der Waals surface area contributed by atoms with Gasteiger partial charge in [0.25, 0.3) is 0 Å². The molecule has 1 atom stereocenters. The van der Waals surface area contributed by atoms with Crippen LogP contribution in [0.5, 0.6) is 0 Å². The Kier molecular flexibility index (Phi) is 4.74. The van der Waals surface area contributed by atoms with E-state index in [1.807, 2.05) is 19.4 Å². The molecule has 5 heteroatoms. The van der Waals surface area contributed by atoms with E-state index < -0.39 is 0 Å². The number of hydrogen-bond acceptors (Lipinski definition) is 3. The normalized spacial score (nSPS) is 18.5. The molecule has 1 aliphatic rings.